The fourth-order valence-corrected chi connectivity index (χ4v) is 1.68. The van der Waals surface area contributed by atoms with Gasteiger partial charge in [0.2, 0.25) is 0 Å². The molecule has 3 nitrogen and oxygen atoms in total. The largest absolute Gasteiger partial charge is 0.320 e. The summed E-state index contributed by atoms with van der Waals surface area (Å²) < 4.78 is 2.11. The summed E-state index contributed by atoms with van der Waals surface area (Å²) in [4.78, 5) is 0. The molecule has 0 fully saturated rings. The van der Waals surface area contributed by atoms with Gasteiger partial charge in [-0.05, 0) is 52.8 Å². The lowest BCUT2D eigenvalue weighted by atomic mass is 10.2. The van der Waals surface area contributed by atoms with E-state index in [9.17, 15) is 0 Å². The van der Waals surface area contributed by atoms with Gasteiger partial charge in [-0.3, -0.25) is 4.68 Å². The molecular formula is C11H21N3. The first-order valence-electron chi connectivity index (χ1n) is 5.46. The minimum atomic E-state index is 0.981. The topological polar surface area (TPSA) is 29.9 Å². The van der Waals surface area contributed by atoms with Crippen LogP contribution in [0, 0.1) is 6.92 Å². The molecule has 1 aromatic rings. The van der Waals surface area contributed by atoms with Crippen molar-refractivity contribution in [3.05, 3.63) is 17.5 Å². The maximum Gasteiger partial charge on any atom is 0.0596 e. The van der Waals surface area contributed by atoms with Gasteiger partial charge in [-0.2, -0.15) is 5.10 Å². The molecule has 0 aliphatic heterocycles. The van der Waals surface area contributed by atoms with Crippen LogP contribution in [0.5, 0.6) is 0 Å². The average molecular weight is 195 g/mol. The summed E-state index contributed by atoms with van der Waals surface area (Å²) in [5.41, 5.74) is 2.51. The van der Waals surface area contributed by atoms with Crippen molar-refractivity contribution in [2.75, 3.05) is 13.6 Å². The Hall–Kier alpha value is -0.830. The van der Waals surface area contributed by atoms with E-state index in [-0.39, 0.29) is 0 Å². The molecule has 80 valence electrons. The Bertz CT molecular complexity index is 265. The summed E-state index contributed by atoms with van der Waals surface area (Å²) in [6, 6.07) is 2.20. The third-order valence-electron chi connectivity index (χ3n) is 2.39. The Morgan fingerprint density at radius 3 is 2.86 bits per heavy atom. The third kappa shape index (κ3) is 3.14. The Morgan fingerprint density at radius 2 is 2.21 bits per heavy atom. The van der Waals surface area contributed by atoms with Crippen LogP contribution in [0.1, 0.15) is 31.2 Å². The number of nitrogens with one attached hydrogen (secondary N) is 1. The number of hydrogen-bond donors (Lipinski definition) is 1. The first-order chi connectivity index (χ1) is 6.77. The lowest BCUT2D eigenvalue weighted by Crippen LogP contribution is -2.08. The van der Waals surface area contributed by atoms with Crippen molar-refractivity contribution in [3.63, 3.8) is 0 Å². The fourth-order valence-electron chi connectivity index (χ4n) is 1.68. The predicted molar refractivity (Wildman–Crippen MR) is 59.5 cm³/mol. The molecule has 0 aliphatic rings. The monoisotopic (exact) mass is 195 g/mol. The van der Waals surface area contributed by atoms with Crippen LogP contribution in [0.4, 0.5) is 0 Å². The molecule has 0 saturated carbocycles. The van der Waals surface area contributed by atoms with Crippen molar-refractivity contribution >= 4 is 0 Å². The Balaban J connectivity index is 2.41. The van der Waals surface area contributed by atoms with Crippen molar-refractivity contribution in [3.8, 4) is 0 Å². The van der Waals surface area contributed by atoms with Gasteiger partial charge in [-0.15, -0.1) is 0 Å². The van der Waals surface area contributed by atoms with Crippen LogP contribution in [0.2, 0.25) is 0 Å². The second kappa shape index (κ2) is 5.81. The number of rotatable bonds is 6. The smallest absolute Gasteiger partial charge is 0.0596 e. The van der Waals surface area contributed by atoms with Gasteiger partial charge in [-0.25, -0.2) is 0 Å². The van der Waals surface area contributed by atoms with Crippen LogP contribution < -0.4 is 5.32 Å². The highest BCUT2D eigenvalue weighted by Crippen LogP contribution is 2.07. The van der Waals surface area contributed by atoms with Crippen LogP contribution in [0.25, 0.3) is 0 Å². The van der Waals surface area contributed by atoms with Gasteiger partial charge in [-0.1, -0.05) is 0 Å². The zero-order valence-corrected chi connectivity index (χ0v) is 9.51. The molecule has 0 unspecified atom stereocenters. The van der Waals surface area contributed by atoms with Crippen LogP contribution in [-0.4, -0.2) is 23.4 Å². The highest BCUT2D eigenvalue weighted by molar-refractivity contribution is 5.08. The highest BCUT2D eigenvalue weighted by Gasteiger charge is 2.02. The number of aromatic nitrogens is 2. The van der Waals surface area contributed by atoms with Gasteiger partial charge in [0.15, 0.2) is 0 Å². The van der Waals surface area contributed by atoms with E-state index in [2.05, 4.69) is 35.0 Å². The van der Waals surface area contributed by atoms with Gasteiger partial charge in [0.25, 0.3) is 0 Å². The standard InChI is InChI=1S/C11H21N3/c1-4-14-11(9-10(2)13-14)7-5-6-8-12-3/h9,12H,4-8H2,1-3H3. The van der Waals surface area contributed by atoms with E-state index < -0.39 is 0 Å². The van der Waals surface area contributed by atoms with E-state index in [4.69, 9.17) is 0 Å². The van der Waals surface area contributed by atoms with Crippen LogP contribution in [0.3, 0.4) is 0 Å². The van der Waals surface area contributed by atoms with Crippen molar-refractivity contribution in [1.82, 2.24) is 15.1 Å². The molecule has 0 spiro atoms. The highest BCUT2D eigenvalue weighted by atomic mass is 15.3. The maximum absolute atomic E-state index is 4.43. The molecule has 3 heteroatoms. The van der Waals surface area contributed by atoms with Crippen LogP contribution >= 0.6 is 0 Å². The Labute approximate surface area is 86.5 Å². The van der Waals surface area contributed by atoms with Crippen molar-refractivity contribution in [1.29, 1.82) is 0 Å². The molecule has 0 saturated heterocycles. The van der Waals surface area contributed by atoms with Gasteiger partial charge in [0.1, 0.15) is 0 Å². The van der Waals surface area contributed by atoms with Crippen LogP contribution in [-0.2, 0) is 13.0 Å². The number of unbranched alkanes of at least 4 members (excludes halogenated alkanes) is 1. The first-order valence-corrected chi connectivity index (χ1v) is 5.46. The molecule has 1 heterocycles. The fraction of sp³-hybridized carbons (Fsp3) is 0.727. The summed E-state index contributed by atoms with van der Waals surface area (Å²) in [7, 11) is 2.00. The summed E-state index contributed by atoms with van der Waals surface area (Å²) in [6.07, 6.45) is 3.63. The number of nitrogens with zero attached hydrogens (tertiary/aromatic N) is 2. The summed E-state index contributed by atoms with van der Waals surface area (Å²) in [5.74, 6) is 0. The summed E-state index contributed by atoms with van der Waals surface area (Å²) in [6.45, 7) is 6.29. The lowest BCUT2D eigenvalue weighted by Gasteiger charge is -2.03. The van der Waals surface area contributed by atoms with Gasteiger partial charge in [0.05, 0.1) is 5.69 Å². The minimum absolute atomic E-state index is 0.981. The zero-order chi connectivity index (χ0) is 10.4. The van der Waals surface area contributed by atoms with E-state index in [0.29, 0.717) is 0 Å². The number of hydrogen-bond acceptors (Lipinski definition) is 2. The number of aryl methyl sites for hydroxylation is 3. The molecule has 0 atom stereocenters. The summed E-state index contributed by atoms with van der Waals surface area (Å²) >= 11 is 0. The second-order valence-corrected chi connectivity index (χ2v) is 3.65. The van der Waals surface area contributed by atoms with Crippen LogP contribution in [0.15, 0.2) is 6.07 Å². The van der Waals surface area contributed by atoms with Gasteiger partial charge < -0.3 is 5.32 Å². The normalized spacial score (nSPS) is 10.8. The first kappa shape index (κ1) is 11.2. The SMILES string of the molecule is CCn1nc(C)cc1CCCCNC. The molecule has 14 heavy (non-hydrogen) atoms. The molecule has 0 aromatic carbocycles. The van der Waals surface area contributed by atoms with E-state index in [1.807, 2.05) is 7.05 Å². The van der Waals surface area contributed by atoms with Crippen molar-refractivity contribution in [2.45, 2.75) is 39.7 Å². The van der Waals surface area contributed by atoms with Crippen molar-refractivity contribution < 1.29 is 0 Å². The van der Waals surface area contributed by atoms with Gasteiger partial charge in [0, 0.05) is 12.2 Å². The van der Waals surface area contributed by atoms with Crippen molar-refractivity contribution in [2.24, 2.45) is 0 Å². The molecule has 1 N–H and O–H groups in total. The lowest BCUT2D eigenvalue weighted by molar-refractivity contribution is 0.592. The quantitative estimate of drug-likeness (QED) is 0.701. The van der Waals surface area contributed by atoms with E-state index in [1.165, 1.54) is 18.5 Å². The molecule has 1 aromatic heterocycles. The average Bonchev–Trinajstić information content (AvgIpc) is 2.54. The molecule has 0 aliphatic carbocycles. The molecule has 0 radical (unpaired) electrons. The second-order valence-electron chi connectivity index (χ2n) is 3.65. The zero-order valence-electron chi connectivity index (χ0n) is 9.51. The predicted octanol–water partition coefficient (Wildman–Crippen LogP) is 1.75. The Kier molecular flexibility index (Phi) is 4.66. The molecule has 0 amide bonds. The maximum atomic E-state index is 4.43. The molecule has 1 rings (SSSR count). The molecule has 0 bridgehead atoms. The van der Waals surface area contributed by atoms with E-state index >= 15 is 0 Å². The van der Waals surface area contributed by atoms with Gasteiger partial charge >= 0.3 is 0 Å². The molecular weight excluding hydrogens is 174 g/mol. The third-order valence-corrected chi connectivity index (χ3v) is 2.39. The summed E-state index contributed by atoms with van der Waals surface area (Å²) in [5, 5.41) is 7.59. The van der Waals surface area contributed by atoms with E-state index in [1.54, 1.807) is 0 Å². The van der Waals surface area contributed by atoms with E-state index in [0.717, 1.165) is 25.2 Å². The minimum Gasteiger partial charge on any atom is -0.320 e. The Morgan fingerprint density at radius 1 is 1.43 bits per heavy atom.